The Hall–Kier alpha value is -2.26. The molecule has 1 aromatic carbocycles. The van der Waals surface area contributed by atoms with Gasteiger partial charge in [-0.1, -0.05) is 11.6 Å². The van der Waals surface area contributed by atoms with Crippen LogP contribution in [-0.2, 0) is 4.79 Å². The monoisotopic (exact) mass is 281 g/mol. The van der Waals surface area contributed by atoms with Crippen molar-refractivity contribution in [1.82, 2.24) is 4.90 Å². The average molecular weight is 282 g/mol. The molecule has 19 heavy (non-hydrogen) atoms. The van der Waals surface area contributed by atoms with Gasteiger partial charge in [0.05, 0.1) is 28.8 Å². The number of hydrogen-bond donors (Lipinski definition) is 2. The van der Waals surface area contributed by atoms with E-state index in [1.54, 1.807) is 0 Å². The first-order chi connectivity index (χ1) is 8.93. The lowest BCUT2D eigenvalue weighted by atomic mass is 10.2. The summed E-state index contributed by atoms with van der Waals surface area (Å²) in [6.45, 7) is 0.0923. The van der Waals surface area contributed by atoms with Gasteiger partial charge in [0.25, 0.3) is 0 Å². The van der Waals surface area contributed by atoms with Crippen LogP contribution in [0, 0.1) is 11.3 Å². The van der Waals surface area contributed by atoms with E-state index in [4.69, 9.17) is 22.0 Å². The molecule has 0 aliphatic heterocycles. The molecule has 0 saturated carbocycles. The quantitative estimate of drug-likeness (QED) is 0.884. The molecule has 0 unspecified atom stereocenters. The van der Waals surface area contributed by atoms with Crippen LogP contribution in [0.5, 0.6) is 0 Å². The second-order valence-corrected chi connectivity index (χ2v) is 4.21. The van der Waals surface area contributed by atoms with Crippen LogP contribution in [-0.4, -0.2) is 35.6 Å². The zero-order valence-corrected chi connectivity index (χ0v) is 10.9. The summed E-state index contributed by atoms with van der Waals surface area (Å²) in [6, 6.07) is 5.95. The molecule has 6 nitrogen and oxygen atoms in total. The van der Waals surface area contributed by atoms with Gasteiger partial charge in [0, 0.05) is 13.6 Å². The molecule has 0 fully saturated rings. The van der Waals surface area contributed by atoms with Crippen LogP contribution < -0.4 is 5.32 Å². The maximum absolute atomic E-state index is 11.7. The van der Waals surface area contributed by atoms with Gasteiger partial charge in [0.2, 0.25) is 0 Å². The number of anilines is 1. The second-order valence-electron chi connectivity index (χ2n) is 3.80. The highest BCUT2D eigenvalue weighted by Crippen LogP contribution is 2.22. The Morgan fingerprint density at radius 3 is 2.74 bits per heavy atom. The third kappa shape index (κ3) is 4.48. The summed E-state index contributed by atoms with van der Waals surface area (Å²) < 4.78 is 0. The highest BCUT2D eigenvalue weighted by atomic mass is 35.5. The van der Waals surface area contributed by atoms with Crippen molar-refractivity contribution >= 4 is 29.3 Å². The third-order valence-corrected chi connectivity index (χ3v) is 2.66. The van der Waals surface area contributed by atoms with Gasteiger partial charge in [-0.2, -0.15) is 5.26 Å². The maximum Gasteiger partial charge on any atom is 0.321 e. The SMILES string of the molecule is CN(CCC(=O)O)C(=O)Nc1ccc(C#N)cc1Cl. The number of halogens is 1. The highest BCUT2D eigenvalue weighted by molar-refractivity contribution is 6.33. The first kappa shape index (κ1) is 14.8. The number of benzene rings is 1. The summed E-state index contributed by atoms with van der Waals surface area (Å²) in [5.41, 5.74) is 0.759. The fourth-order valence-electron chi connectivity index (χ4n) is 1.26. The molecule has 0 aliphatic rings. The van der Waals surface area contributed by atoms with Gasteiger partial charge in [-0.25, -0.2) is 4.79 Å². The van der Waals surface area contributed by atoms with Gasteiger partial charge >= 0.3 is 12.0 Å². The number of carbonyl (C=O) groups excluding carboxylic acids is 1. The molecule has 1 aromatic rings. The minimum Gasteiger partial charge on any atom is -0.481 e. The Balaban J connectivity index is 2.66. The van der Waals surface area contributed by atoms with Crippen molar-refractivity contribution in [3.05, 3.63) is 28.8 Å². The fourth-order valence-corrected chi connectivity index (χ4v) is 1.49. The second kappa shape index (κ2) is 6.61. The zero-order chi connectivity index (χ0) is 14.4. The fraction of sp³-hybridized carbons (Fsp3) is 0.250. The molecule has 1 rings (SSSR count). The Morgan fingerprint density at radius 2 is 2.21 bits per heavy atom. The van der Waals surface area contributed by atoms with Crippen molar-refractivity contribution in [1.29, 1.82) is 5.26 Å². The molecule has 100 valence electrons. The molecule has 2 N–H and O–H groups in total. The van der Waals surface area contributed by atoms with E-state index in [0.29, 0.717) is 11.3 Å². The van der Waals surface area contributed by atoms with Crippen molar-refractivity contribution in [3.63, 3.8) is 0 Å². The lowest BCUT2D eigenvalue weighted by Gasteiger charge is -2.17. The number of urea groups is 1. The number of carboxylic acid groups (broad SMARTS) is 1. The molecule has 2 amide bonds. The van der Waals surface area contributed by atoms with E-state index in [2.05, 4.69) is 5.32 Å². The van der Waals surface area contributed by atoms with E-state index >= 15 is 0 Å². The standard InChI is InChI=1S/C12H12ClN3O3/c1-16(5-4-11(17)18)12(19)15-10-3-2-8(7-14)6-9(10)13/h2-3,6H,4-5H2,1H3,(H,15,19)(H,17,18). The van der Waals surface area contributed by atoms with Gasteiger partial charge in [-0.15, -0.1) is 0 Å². The smallest absolute Gasteiger partial charge is 0.321 e. The van der Waals surface area contributed by atoms with Crippen molar-refractivity contribution in [2.24, 2.45) is 0 Å². The van der Waals surface area contributed by atoms with Gasteiger partial charge in [-0.3, -0.25) is 4.79 Å². The molecule has 0 atom stereocenters. The molecule has 7 heteroatoms. The molecule has 0 spiro atoms. The summed E-state index contributed by atoms with van der Waals surface area (Å²) in [5.74, 6) is -0.976. The van der Waals surface area contributed by atoms with E-state index in [9.17, 15) is 9.59 Å². The number of amides is 2. The van der Waals surface area contributed by atoms with E-state index in [1.165, 1.54) is 30.1 Å². The normalized spacial score (nSPS) is 9.53. The topological polar surface area (TPSA) is 93.4 Å². The Morgan fingerprint density at radius 1 is 1.53 bits per heavy atom. The largest absolute Gasteiger partial charge is 0.481 e. The van der Waals surface area contributed by atoms with E-state index in [0.717, 1.165) is 0 Å². The predicted octanol–water partition coefficient (Wildman–Crippen LogP) is 2.15. The summed E-state index contributed by atoms with van der Waals surface area (Å²) in [7, 11) is 1.48. The molecule has 0 radical (unpaired) electrons. The molecular weight excluding hydrogens is 270 g/mol. The maximum atomic E-state index is 11.7. The van der Waals surface area contributed by atoms with E-state index < -0.39 is 12.0 Å². The molecule has 0 saturated heterocycles. The minimum atomic E-state index is -0.976. The Labute approximate surface area is 115 Å². The molecular formula is C12H12ClN3O3. The average Bonchev–Trinajstić information content (AvgIpc) is 2.37. The number of rotatable bonds is 4. The number of nitrogens with zero attached hydrogens (tertiary/aromatic N) is 2. The lowest BCUT2D eigenvalue weighted by molar-refractivity contribution is -0.137. The molecule has 0 bridgehead atoms. The van der Waals surface area contributed by atoms with Crippen LogP contribution >= 0.6 is 11.6 Å². The van der Waals surface area contributed by atoms with Crippen LogP contribution in [0.1, 0.15) is 12.0 Å². The number of nitriles is 1. The summed E-state index contributed by atoms with van der Waals surface area (Å²) in [4.78, 5) is 23.4. The number of carbonyl (C=O) groups is 2. The number of nitrogens with one attached hydrogen (secondary N) is 1. The summed E-state index contributed by atoms with van der Waals surface area (Å²) in [5, 5.41) is 20.0. The summed E-state index contributed by atoms with van der Waals surface area (Å²) in [6.07, 6.45) is -0.134. The van der Waals surface area contributed by atoms with Gasteiger partial charge in [-0.05, 0) is 18.2 Å². The zero-order valence-electron chi connectivity index (χ0n) is 10.2. The number of carboxylic acids is 1. The van der Waals surface area contributed by atoms with Crippen molar-refractivity contribution in [2.45, 2.75) is 6.42 Å². The van der Waals surface area contributed by atoms with Crippen molar-refractivity contribution < 1.29 is 14.7 Å². The van der Waals surface area contributed by atoms with Crippen molar-refractivity contribution in [2.75, 3.05) is 18.9 Å². The minimum absolute atomic E-state index is 0.0923. The predicted molar refractivity (Wildman–Crippen MR) is 70.1 cm³/mol. The number of hydrogen-bond acceptors (Lipinski definition) is 3. The van der Waals surface area contributed by atoms with Crippen LogP contribution in [0.25, 0.3) is 0 Å². The van der Waals surface area contributed by atoms with Crippen LogP contribution in [0.15, 0.2) is 18.2 Å². The Kier molecular flexibility index (Phi) is 5.15. The van der Waals surface area contributed by atoms with Gasteiger partial charge in [0.1, 0.15) is 0 Å². The lowest BCUT2D eigenvalue weighted by Crippen LogP contribution is -2.33. The van der Waals surface area contributed by atoms with Crippen molar-refractivity contribution in [3.8, 4) is 6.07 Å². The molecule has 0 heterocycles. The Bertz CT molecular complexity index is 540. The van der Waals surface area contributed by atoms with Gasteiger partial charge in [0.15, 0.2) is 0 Å². The van der Waals surface area contributed by atoms with E-state index in [1.807, 2.05) is 6.07 Å². The molecule has 0 aromatic heterocycles. The van der Waals surface area contributed by atoms with Crippen LogP contribution in [0.4, 0.5) is 10.5 Å². The molecule has 0 aliphatic carbocycles. The summed E-state index contributed by atoms with van der Waals surface area (Å²) >= 11 is 5.91. The highest BCUT2D eigenvalue weighted by Gasteiger charge is 2.12. The van der Waals surface area contributed by atoms with Crippen LogP contribution in [0.3, 0.4) is 0 Å². The first-order valence-electron chi connectivity index (χ1n) is 5.37. The van der Waals surface area contributed by atoms with Crippen LogP contribution in [0.2, 0.25) is 5.02 Å². The van der Waals surface area contributed by atoms with Gasteiger partial charge < -0.3 is 15.3 Å². The van der Waals surface area contributed by atoms with E-state index in [-0.39, 0.29) is 18.0 Å². The third-order valence-electron chi connectivity index (χ3n) is 2.35. The first-order valence-corrected chi connectivity index (χ1v) is 5.75. The number of aliphatic carboxylic acids is 1.